The first kappa shape index (κ1) is 16.3. The predicted octanol–water partition coefficient (Wildman–Crippen LogP) is 1.93. The highest BCUT2D eigenvalue weighted by molar-refractivity contribution is 5.85. The van der Waals surface area contributed by atoms with Crippen LogP contribution in [0.25, 0.3) is 10.9 Å². The Morgan fingerprint density at radius 2 is 1.96 bits per heavy atom. The van der Waals surface area contributed by atoms with Gasteiger partial charge in [-0.2, -0.15) is 0 Å². The molecule has 1 aromatic heterocycles. The fourth-order valence-electron chi connectivity index (χ4n) is 3.18. The summed E-state index contributed by atoms with van der Waals surface area (Å²) >= 11 is 0. The van der Waals surface area contributed by atoms with Crippen molar-refractivity contribution < 1.29 is 9.84 Å². The molecule has 1 aromatic carbocycles. The Morgan fingerprint density at radius 3 is 2.70 bits per heavy atom. The number of rotatable bonds is 6. The van der Waals surface area contributed by atoms with Gasteiger partial charge in [-0.05, 0) is 32.0 Å². The summed E-state index contributed by atoms with van der Waals surface area (Å²) in [5, 5.41) is 11.3. The highest BCUT2D eigenvalue weighted by Gasteiger charge is 2.20. The lowest BCUT2D eigenvalue weighted by atomic mass is 10.2. The molecule has 0 amide bonds. The molecule has 0 saturated carbocycles. The summed E-state index contributed by atoms with van der Waals surface area (Å²) in [7, 11) is 0. The average Bonchev–Trinajstić information content (AvgIpc) is 3.02. The number of benzene rings is 1. The SMILES string of the molecule is CC(C)N1CCN(CC(O)COc2cccc3[nH]ccc23)CC1. The molecular weight excluding hydrogens is 290 g/mol. The van der Waals surface area contributed by atoms with Gasteiger partial charge in [0.15, 0.2) is 0 Å². The summed E-state index contributed by atoms with van der Waals surface area (Å²) in [6.07, 6.45) is 1.44. The molecule has 1 fully saturated rings. The lowest BCUT2D eigenvalue weighted by Gasteiger charge is -2.37. The molecule has 2 heterocycles. The number of aromatic amines is 1. The van der Waals surface area contributed by atoms with Crippen LogP contribution in [-0.2, 0) is 0 Å². The van der Waals surface area contributed by atoms with Crippen LogP contribution < -0.4 is 4.74 Å². The summed E-state index contributed by atoms with van der Waals surface area (Å²) in [5.74, 6) is 0.826. The van der Waals surface area contributed by atoms with Crippen LogP contribution in [0.15, 0.2) is 30.5 Å². The number of ether oxygens (including phenoxy) is 1. The van der Waals surface area contributed by atoms with Crippen LogP contribution >= 0.6 is 0 Å². The maximum Gasteiger partial charge on any atom is 0.128 e. The van der Waals surface area contributed by atoms with Gasteiger partial charge >= 0.3 is 0 Å². The smallest absolute Gasteiger partial charge is 0.128 e. The van der Waals surface area contributed by atoms with Crippen molar-refractivity contribution in [3.05, 3.63) is 30.5 Å². The minimum absolute atomic E-state index is 0.328. The first-order valence-electron chi connectivity index (χ1n) is 8.47. The molecule has 5 nitrogen and oxygen atoms in total. The molecule has 3 rings (SSSR count). The van der Waals surface area contributed by atoms with Gasteiger partial charge < -0.3 is 14.8 Å². The molecule has 1 aliphatic rings. The molecule has 0 spiro atoms. The predicted molar refractivity (Wildman–Crippen MR) is 92.9 cm³/mol. The Morgan fingerprint density at radius 1 is 1.17 bits per heavy atom. The molecule has 0 aliphatic carbocycles. The monoisotopic (exact) mass is 317 g/mol. The van der Waals surface area contributed by atoms with Crippen molar-refractivity contribution in [1.82, 2.24) is 14.8 Å². The van der Waals surface area contributed by atoms with Crippen molar-refractivity contribution in [2.75, 3.05) is 39.3 Å². The number of piperazine rings is 1. The number of fused-ring (bicyclic) bond motifs is 1. The van der Waals surface area contributed by atoms with E-state index < -0.39 is 6.10 Å². The topological polar surface area (TPSA) is 51.7 Å². The summed E-state index contributed by atoms with van der Waals surface area (Å²) in [5.41, 5.74) is 1.06. The van der Waals surface area contributed by atoms with E-state index in [9.17, 15) is 5.11 Å². The van der Waals surface area contributed by atoms with Gasteiger partial charge in [-0.15, -0.1) is 0 Å². The number of hydrogen-bond acceptors (Lipinski definition) is 4. The fraction of sp³-hybridized carbons (Fsp3) is 0.556. The van der Waals surface area contributed by atoms with E-state index in [1.807, 2.05) is 30.5 Å². The van der Waals surface area contributed by atoms with Crippen LogP contribution in [0.2, 0.25) is 0 Å². The van der Waals surface area contributed by atoms with Crippen LogP contribution in [0.3, 0.4) is 0 Å². The van der Waals surface area contributed by atoms with Crippen LogP contribution in [0.4, 0.5) is 0 Å². The number of β-amino-alcohol motifs (C(OH)–C–C–N with tert-alkyl or cyclic N) is 1. The molecular formula is C18H27N3O2. The Balaban J connectivity index is 1.47. The van der Waals surface area contributed by atoms with Crippen LogP contribution in [0, 0.1) is 0 Å². The number of nitrogens with one attached hydrogen (secondary N) is 1. The van der Waals surface area contributed by atoms with Gasteiger partial charge in [-0.3, -0.25) is 9.80 Å². The van der Waals surface area contributed by atoms with E-state index in [1.54, 1.807) is 0 Å². The van der Waals surface area contributed by atoms with Crippen molar-refractivity contribution in [1.29, 1.82) is 0 Å². The summed E-state index contributed by atoms with van der Waals surface area (Å²) in [6, 6.07) is 8.54. The molecule has 5 heteroatoms. The third-order valence-electron chi connectivity index (χ3n) is 4.59. The highest BCUT2D eigenvalue weighted by Crippen LogP contribution is 2.24. The highest BCUT2D eigenvalue weighted by atomic mass is 16.5. The first-order chi connectivity index (χ1) is 11.1. The van der Waals surface area contributed by atoms with E-state index in [0.29, 0.717) is 19.2 Å². The average molecular weight is 317 g/mol. The molecule has 1 saturated heterocycles. The number of hydrogen-bond donors (Lipinski definition) is 2. The van der Waals surface area contributed by atoms with Gasteiger partial charge in [-0.25, -0.2) is 0 Å². The van der Waals surface area contributed by atoms with Crippen LogP contribution in [-0.4, -0.2) is 71.4 Å². The minimum atomic E-state index is -0.463. The third kappa shape index (κ3) is 4.05. The zero-order valence-electron chi connectivity index (χ0n) is 14.0. The Bertz CT molecular complexity index is 618. The van der Waals surface area contributed by atoms with Crippen LogP contribution in [0.5, 0.6) is 5.75 Å². The zero-order chi connectivity index (χ0) is 16.2. The van der Waals surface area contributed by atoms with E-state index in [1.165, 1.54) is 0 Å². The standard InChI is InChI=1S/C18H27N3O2/c1-14(2)21-10-8-20(9-11-21)12-15(22)13-23-18-5-3-4-17-16(18)6-7-19-17/h3-7,14-15,19,22H,8-13H2,1-2H3. The normalized spacial score (nSPS) is 18.6. The van der Waals surface area contributed by atoms with E-state index in [-0.39, 0.29) is 0 Å². The zero-order valence-corrected chi connectivity index (χ0v) is 14.0. The van der Waals surface area contributed by atoms with Gasteiger partial charge in [0.05, 0.1) is 0 Å². The first-order valence-corrected chi connectivity index (χ1v) is 8.47. The van der Waals surface area contributed by atoms with Gasteiger partial charge in [0.1, 0.15) is 18.5 Å². The number of H-pyrrole nitrogens is 1. The molecule has 0 radical (unpaired) electrons. The molecule has 1 aliphatic heterocycles. The second-order valence-electron chi connectivity index (χ2n) is 6.59. The Labute approximate surface area is 137 Å². The quantitative estimate of drug-likeness (QED) is 0.855. The van der Waals surface area contributed by atoms with Gasteiger partial charge in [-0.1, -0.05) is 6.07 Å². The Hall–Kier alpha value is -1.56. The summed E-state index contributed by atoms with van der Waals surface area (Å²) < 4.78 is 5.83. The third-order valence-corrected chi connectivity index (χ3v) is 4.59. The number of nitrogens with zero attached hydrogens (tertiary/aromatic N) is 2. The number of aliphatic hydroxyl groups is 1. The maximum absolute atomic E-state index is 10.3. The molecule has 126 valence electrons. The van der Waals surface area contributed by atoms with Crippen molar-refractivity contribution >= 4 is 10.9 Å². The largest absolute Gasteiger partial charge is 0.490 e. The fourth-order valence-corrected chi connectivity index (χ4v) is 3.18. The van der Waals surface area contributed by atoms with Crippen LogP contribution in [0.1, 0.15) is 13.8 Å². The molecule has 23 heavy (non-hydrogen) atoms. The van der Waals surface area contributed by atoms with E-state index in [4.69, 9.17) is 4.74 Å². The summed E-state index contributed by atoms with van der Waals surface area (Å²) in [4.78, 5) is 7.97. The molecule has 2 N–H and O–H groups in total. The molecule has 1 atom stereocenters. The second kappa shape index (κ2) is 7.34. The van der Waals surface area contributed by atoms with Gasteiger partial charge in [0.25, 0.3) is 0 Å². The lowest BCUT2D eigenvalue weighted by Crippen LogP contribution is -2.51. The lowest BCUT2D eigenvalue weighted by molar-refractivity contribution is 0.0403. The van der Waals surface area contributed by atoms with Crippen molar-refractivity contribution in [3.63, 3.8) is 0 Å². The van der Waals surface area contributed by atoms with Crippen molar-refractivity contribution in [3.8, 4) is 5.75 Å². The minimum Gasteiger partial charge on any atom is -0.490 e. The Kier molecular flexibility index (Phi) is 5.20. The van der Waals surface area contributed by atoms with Gasteiger partial charge in [0.2, 0.25) is 0 Å². The summed E-state index contributed by atoms with van der Waals surface area (Å²) in [6.45, 7) is 9.66. The van der Waals surface area contributed by atoms with E-state index >= 15 is 0 Å². The van der Waals surface area contributed by atoms with Crippen molar-refractivity contribution in [2.45, 2.75) is 26.0 Å². The van der Waals surface area contributed by atoms with E-state index in [0.717, 1.165) is 42.8 Å². The van der Waals surface area contributed by atoms with E-state index in [2.05, 4.69) is 28.6 Å². The van der Waals surface area contributed by atoms with Crippen molar-refractivity contribution in [2.24, 2.45) is 0 Å². The number of aliphatic hydroxyl groups excluding tert-OH is 1. The van der Waals surface area contributed by atoms with Gasteiger partial charge in [0, 0.05) is 55.9 Å². The number of aromatic nitrogens is 1. The molecule has 2 aromatic rings. The second-order valence-corrected chi connectivity index (χ2v) is 6.59. The molecule has 1 unspecified atom stereocenters. The molecule has 0 bridgehead atoms. The maximum atomic E-state index is 10.3.